The summed E-state index contributed by atoms with van der Waals surface area (Å²) in [5.41, 5.74) is -3.26. The van der Waals surface area contributed by atoms with Gasteiger partial charge in [-0.15, -0.1) is 24.8 Å². The molecule has 0 heterocycles. The average Bonchev–Trinajstić information content (AvgIpc) is 2.35. The molecule has 2 N–H and O–H groups in total. The lowest BCUT2D eigenvalue weighted by Gasteiger charge is -2.23. The third-order valence-corrected chi connectivity index (χ3v) is 2.49. The smallest absolute Gasteiger partial charge is 0.456 e. The zero-order valence-electron chi connectivity index (χ0n) is 10.6. The van der Waals surface area contributed by atoms with Crippen LogP contribution in [-0.4, -0.2) is 34.3 Å². The van der Waals surface area contributed by atoms with Crippen LogP contribution in [0.1, 0.15) is 32.5 Å². The minimum absolute atomic E-state index is 0. The molecule has 0 aromatic heterocycles. The van der Waals surface area contributed by atoms with E-state index in [-0.39, 0.29) is 30.9 Å². The highest BCUT2D eigenvalue weighted by Gasteiger charge is 2.63. The van der Waals surface area contributed by atoms with Crippen LogP contribution in [0.2, 0.25) is 0 Å². The van der Waals surface area contributed by atoms with Crippen molar-refractivity contribution in [1.29, 1.82) is 0 Å². The second-order valence-electron chi connectivity index (χ2n) is 3.90. The van der Waals surface area contributed by atoms with E-state index in [0.717, 1.165) is 0 Å². The maximum absolute atomic E-state index is 13.4. The van der Waals surface area contributed by atoms with Crippen molar-refractivity contribution in [3.63, 3.8) is 0 Å². The Morgan fingerprint density at radius 2 is 1.35 bits per heavy atom. The number of halogens is 8. The van der Waals surface area contributed by atoms with E-state index in [4.69, 9.17) is 10.2 Å². The van der Waals surface area contributed by atoms with E-state index in [2.05, 4.69) is 0 Å². The van der Waals surface area contributed by atoms with Crippen molar-refractivity contribution in [2.24, 2.45) is 0 Å². The molecule has 1 aromatic carbocycles. The highest BCUT2D eigenvalue weighted by Crippen LogP contribution is 2.46. The zero-order valence-corrected chi connectivity index (χ0v) is 12.2. The third kappa shape index (κ3) is 4.64. The van der Waals surface area contributed by atoms with Gasteiger partial charge in [-0.1, -0.05) is 6.07 Å². The Hall–Kier alpha value is -1.68. The van der Waals surface area contributed by atoms with Gasteiger partial charge >= 0.3 is 24.0 Å². The third-order valence-electron chi connectivity index (χ3n) is 2.49. The molecule has 12 heteroatoms. The van der Waals surface area contributed by atoms with Gasteiger partial charge in [0, 0.05) is 0 Å². The zero-order chi connectivity index (χ0) is 16.6. The van der Waals surface area contributed by atoms with Crippen LogP contribution < -0.4 is 0 Å². The topological polar surface area (TPSA) is 74.6 Å². The Bertz CT molecular complexity index is 590. The van der Waals surface area contributed by atoms with Gasteiger partial charge in [0.2, 0.25) is 0 Å². The molecule has 0 aliphatic carbocycles. The van der Waals surface area contributed by atoms with Gasteiger partial charge in [-0.3, -0.25) is 0 Å². The lowest BCUT2D eigenvalue weighted by Crippen LogP contribution is -2.40. The van der Waals surface area contributed by atoms with Gasteiger partial charge in [0.1, 0.15) is 0 Å². The fourth-order valence-electron chi connectivity index (χ4n) is 1.44. The average molecular weight is 389 g/mol. The molecular formula is C11H8Cl2F6O4. The van der Waals surface area contributed by atoms with Crippen LogP contribution >= 0.6 is 24.8 Å². The number of hydrogen-bond donors (Lipinski definition) is 2. The monoisotopic (exact) mass is 388 g/mol. The van der Waals surface area contributed by atoms with Crippen molar-refractivity contribution < 1.29 is 46.1 Å². The first-order valence-corrected chi connectivity index (χ1v) is 5.08. The highest BCUT2D eigenvalue weighted by molar-refractivity contribution is 6.01. The summed E-state index contributed by atoms with van der Waals surface area (Å²) in [4.78, 5) is 21.4. The molecule has 4 nitrogen and oxygen atoms in total. The van der Waals surface area contributed by atoms with E-state index in [9.17, 15) is 35.9 Å². The van der Waals surface area contributed by atoms with Crippen LogP contribution in [0.4, 0.5) is 26.3 Å². The summed E-state index contributed by atoms with van der Waals surface area (Å²) in [5, 5.41) is 17.3. The van der Waals surface area contributed by atoms with Gasteiger partial charge in [-0.25, -0.2) is 14.0 Å². The van der Waals surface area contributed by atoms with Crippen molar-refractivity contribution in [2.75, 3.05) is 0 Å². The van der Waals surface area contributed by atoms with Crippen molar-refractivity contribution >= 4 is 36.8 Å². The summed E-state index contributed by atoms with van der Waals surface area (Å²) < 4.78 is 75.2. The van der Waals surface area contributed by atoms with Gasteiger partial charge < -0.3 is 10.2 Å². The SMILES string of the molecule is Cl.Cl.O=C(O)c1ccc(C(F)C(F)(F)C(F)(F)F)cc1C(=O)O. The Morgan fingerprint density at radius 3 is 1.70 bits per heavy atom. The lowest BCUT2D eigenvalue weighted by molar-refractivity contribution is -0.305. The summed E-state index contributed by atoms with van der Waals surface area (Å²) in [6.45, 7) is 0. The molecule has 23 heavy (non-hydrogen) atoms. The van der Waals surface area contributed by atoms with Crippen molar-refractivity contribution in [3.8, 4) is 0 Å². The van der Waals surface area contributed by atoms with E-state index in [1.54, 1.807) is 0 Å². The Morgan fingerprint density at radius 1 is 0.913 bits per heavy atom. The molecule has 1 unspecified atom stereocenters. The molecule has 0 saturated heterocycles. The molecule has 0 fully saturated rings. The molecule has 1 atom stereocenters. The van der Waals surface area contributed by atoms with Crippen LogP contribution in [0.25, 0.3) is 0 Å². The fourth-order valence-corrected chi connectivity index (χ4v) is 1.44. The van der Waals surface area contributed by atoms with E-state index in [1.165, 1.54) is 0 Å². The number of rotatable bonds is 4. The summed E-state index contributed by atoms with van der Waals surface area (Å²) in [6.07, 6.45) is -10.0. The van der Waals surface area contributed by atoms with Crippen LogP contribution in [-0.2, 0) is 0 Å². The number of carboxylic acid groups (broad SMARTS) is 2. The van der Waals surface area contributed by atoms with E-state index in [1.807, 2.05) is 0 Å². The molecule has 0 spiro atoms. The molecule has 0 bridgehead atoms. The highest BCUT2D eigenvalue weighted by atomic mass is 35.5. The van der Waals surface area contributed by atoms with Gasteiger partial charge in [0.05, 0.1) is 11.1 Å². The predicted octanol–water partition coefficient (Wildman–Crippen LogP) is 4.13. The van der Waals surface area contributed by atoms with Crippen LogP contribution in [0.15, 0.2) is 18.2 Å². The standard InChI is InChI=1S/C11H6F6O4.2ClH/c12-7(10(13,14)11(15,16)17)4-1-2-5(8(18)19)6(3-4)9(20)21;;/h1-3,7H,(H,18,19)(H,20,21);2*1H. The fraction of sp³-hybridized carbons (Fsp3) is 0.273. The van der Waals surface area contributed by atoms with E-state index < -0.39 is 46.9 Å². The number of carboxylic acids is 2. The molecule has 0 aliphatic heterocycles. The van der Waals surface area contributed by atoms with Crippen molar-refractivity contribution in [2.45, 2.75) is 18.3 Å². The molecule has 0 aliphatic rings. The van der Waals surface area contributed by atoms with Gasteiger partial charge in [-0.05, 0) is 17.7 Å². The summed E-state index contributed by atoms with van der Waals surface area (Å²) >= 11 is 0. The van der Waals surface area contributed by atoms with Crippen LogP contribution in [0.3, 0.4) is 0 Å². The van der Waals surface area contributed by atoms with Crippen molar-refractivity contribution in [1.82, 2.24) is 0 Å². The minimum Gasteiger partial charge on any atom is -0.478 e. The number of benzene rings is 1. The van der Waals surface area contributed by atoms with Gasteiger partial charge in [0.15, 0.2) is 6.17 Å². The molecule has 0 saturated carbocycles. The van der Waals surface area contributed by atoms with Gasteiger partial charge in [0.25, 0.3) is 0 Å². The molecule has 132 valence electrons. The molecule has 1 aromatic rings. The summed E-state index contributed by atoms with van der Waals surface area (Å²) in [7, 11) is 0. The normalized spacial score (nSPS) is 12.6. The summed E-state index contributed by atoms with van der Waals surface area (Å²) in [6, 6.07) is 0.941. The number of aromatic carboxylic acids is 2. The first kappa shape index (κ1) is 23.6. The Kier molecular flexibility index (Phi) is 7.93. The van der Waals surface area contributed by atoms with E-state index in [0.29, 0.717) is 12.1 Å². The predicted molar refractivity (Wildman–Crippen MR) is 69.7 cm³/mol. The number of hydrogen-bond acceptors (Lipinski definition) is 2. The molecule has 0 amide bonds. The number of alkyl halides is 6. The van der Waals surface area contributed by atoms with Crippen molar-refractivity contribution in [3.05, 3.63) is 34.9 Å². The second kappa shape index (κ2) is 7.73. The first-order chi connectivity index (χ1) is 9.39. The lowest BCUT2D eigenvalue weighted by atomic mass is 9.98. The van der Waals surface area contributed by atoms with Crippen LogP contribution in [0, 0.1) is 0 Å². The summed E-state index contributed by atoms with van der Waals surface area (Å²) in [5.74, 6) is -9.40. The Labute approximate surface area is 136 Å². The first-order valence-electron chi connectivity index (χ1n) is 5.08. The maximum Gasteiger partial charge on any atom is 0.456 e. The van der Waals surface area contributed by atoms with Gasteiger partial charge in [-0.2, -0.15) is 22.0 Å². The maximum atomic E-state index is 13.4. The minimum atomic E-state index is -6.18. The molecule has 0 radical (unpaired) electrons. The molecule has 1 rings (SSSR count). The largest absolute Gasteiger partial charge is 0.478 e. The molecular weight excluding hydrogens is 381 g/mol. The van der Waals surface area contributed by atoms with Crippen LogP contribution in [0.5, 0.6) is 0 Å². The number of carbonyl (C=O) groups is 2. The second-order valence-corrected chi connectivity index (χ2v) is 3.90. The Balaban J connectivity index is 0. The quantitative estimate of drug-likeness (QED) is 0.760. The van der Waals surface area contributed by atoms with E-state index >= 15 is 0 Å².